The summed E-state index contributed by atoms with van der Waals surface area (Å²) >= 11 is 3.82. The first kappa shape index (κ1) is 9.37. The van der Waals surface area contributed by atoms with Gasteiger partial charge in [0.25, 0.3) is 0 Å². The van der Waals surface area contributed by atoms with Gasteiger partial charge in [0.1, 0.15) is 5.82 Å². The minimum Gasteiger partial charge on any atom is -0.298 e. The molecule has 0 N–H and O–H groups in total. The normalized spacial score (nSPS) is 9.73. The summed E-state index contributed by atoms with van der Waals surface area (Å²) in [6.07, 6.45) is 0.673. The van der Waals surface area contributed by atoms with Crippen LogP contribution in [0.1, 0.15) is 10.4 Å². The molecule has 11 heavy (non-hydrogen) atoms. The van der Waals surface area contributed by atoms with Crippen LogP contribution in [0.25, 0.3) is 0 Å². The van der Waals surface area contributed by atoms with E-state index in [1.807, 2.05) is 45.2 Å². The van der Waals surface area contributed by atoms with Crippen LogP contribution in [0.5, 0.6) is 0 Å². The van der Waals surface area contributed by atoms with Gasteiger partial charge in [-0.2, -0.15) is 0 Å². The summed E-state index contributed by atoms with van der Waals surface area (Å²) in [5.41, 5.74) is 0.436. The summed E-state index contributed by atoms with van der Waals surface area (Å²) in [4.78, 5) is 10.4. The number of hydrogen-bond acceptors (Lipinski definition) is 1. The number of aldehydes is 1. The van der Waals surface area contributed by atoms with Crippen LogP contribution in [0.2, 0.25) is 0 Å². The van der Waals surface area contributed by atoms with Gasteiger partial charge in [-0.1, -0.05) is 0 Å². The lowest BCUT2D eigenvalue weighted by atomic mass is 10.2. The summed E-state index contributed by atoms with van der Waals surface area (Å²) in [6.45, 7) is 0. The summed E-state index contributed by atoms with van der Waals surface area (Å²) in [5.74, 6) is -0.340. The molecule has 0 spiro atoms. The fourth-order valence-electron chi connectivity index (χ4n) is 0.651. The van der Waals surface area contributed by atoms with Crippen molar-refractivity contribution >= 4 is 51.5 Å². The average Bonchev–Trinajstić information content (AvgIpc) is 1.99. The predicted molar refractivity (Wildman–Crippen MR) is 57.2 cm³/mol. The Hall–Kier alpha value is 0.280. The summed E-state index contributed by atoms with van der Waals surface area (Å²) < 4.78 is 14.0. The zero-order valence-electron chi connectivity index (χ0n) is 5.27. The highest BCUT2D eigenvalue weighted by molar-refractivity contribution is 14.1. The lowest BCUT2D eigenvalue weighted by Crippen LogP contribution is -1.93. The maximum absolute atomic E-state index is 12.8. The minimum atomic E-state index is -0.340. The number of hydrogen-bond donors (Lipinski definition) is 0. The monoisotopic (exact) mass is 376 g/mol. The van der Waals surface area contributed by atoms with Gasteiger partial charge in [-0.05, 0) is 57.3 Å². The Bertz CT molecular complexity index is 299. The van der Waals surface area contributed by atoms with Crippen LogP contribution in [0.15, 0.2) is 12.1 Å². The Morgan fingerprint density at radius 2 is 2.00 bits per heavy atom. The number of carbonyl (C=O) groups is 1. The van der Waals surface area contributed by atoms with E-state index in [2.05, 4.69) is 0 Å². The molecule has 0 aliphatic heterocycles. The molecule has 4 heteroatoms. The maximum atomic E-state index is 12.8. The predicted octanol–water partition coefficient (Wildman–Crippen LogP) is 2.85. The van der Waals surface area contributed by atoms with Crippen molar-refractivity contribution in [2.75, 3.05) is 0 Å². The third-order valence-electron chi connectivity index (χ3n) is 1.20. The van der Waals surface area contributed by atoms with Crippen LogP contribution in [0.3, 0.4) is 0 Å². The van der Waals surface area contributed by atoms with E-state index >= 15 is 0 Å². The van der Waals surface area contributed by atoms with Crippen LogP contribution in [0, 0.1) is 13.0 Å². The van der Waals surface area contributed by atoms with Gasteiger partial charge in [0, 0.05) is 9.13 Å². The van der Waals surface area contributed by atoms with Crippen molar-refractivity contribution in [2.24, 2.45) is 0 Å². The van der Waals surface area contributed by atoms with Crippen molar-refractivity contribution < 1.29 is 9.18 Å². The highest BCUT2D eigenvalue weighted by atomic mass is 127. The first-order chi connectivity index (χ1) is 5.16. The fourth-order valence-corrected chi connectivity index (χ4v) is 2.34. The molecule has 0 saturated heterocycles. The minimum absolute atomic E-state index is 0.340. The van der Waals surface area contributed by atoms with Gasteiger partial charge in [-0.3, -0.25) is 4.79 Å². The van der Waals surface area contributed by atoms with Gasteiger partial charge in [0.2, 0.25) is 0 Å². The van der Waals surface area contributed by atoms with Gasteiger partial charge >= 0.3 is 0 Å². The smallest absolute Gasteiger partial charge is 0.152 e. The third kappa shape index (κ3) is 1.90. The topological polar surface area (TPSA) is 17.1 Å². The number of rotatable bonds is 1. The number of carbonyl (C=O) groups excluding carboxylic acids is 1. The molecule has 58 valence electrons. The number of benzene rings is 1. The molecular formula is C7H3FI2O. The second kappa shape index (κ2) is 3.79. The zero-order chi connectivity index (χ0) is 8.43. The van der Waals surface area contributed by atoms with E-state index < -0.39 is 0 Å². The molecule has 0 aliphatic rings. The van der Waals surface area contributed by atoms with Crippen LogP contribution in [-0.4, -0.2) is 6.29 Å². The standard InChI is InChI=1S/C7H3FI2O/c8-5-1-2-6(9)4(3-11)7(5)10/h1-3H. The molecule has 0 atom stereocenters. The van der Waals surface area contributed by atoms with Gasteiger partial charge in [0.05, 0.1) is 3.57 Å². The highest BCUT2D eigenvalue weighted by Crippen LogP contribution is 2.19. The maximum Gasteiger partial charge on any atom is 0.152 e. The van der Waals surface area contributed by atoms with E-state index in [4.69, 9.17) is 0 Å². The van der Waals surface area contributed by atoms with Crippen molar-refractivity contribution in [3.8, 4) is 0 Å². The summed E-state index contributed by atoms with van der Waals surface area (Å²) in [5, 5.41) is 0. The molecule has 1 aromatic carbocycles. The van der Waals surface area contributed by atoms with E-state index in [9.17, 15) is 9.18 Å². The lowest BCUT2D eigenvalue weighted by molar-refractivity contribution is 0.112. The Kier molecular flexibility index (Phi) is 3.23. The average molecular weight is 376 g/mol. The van der Waals surface area contributed by atoms with Crippen LogP contribution in [-0.2, 0) is 0 Å². The first-order valence-electron chi connectivity index (χ1n) is 2.75. The van der Waals surface area contributed by atoms with Crippen molar-refractivity contribution in [1.29, 1.82) is 0 Å². The van der Waals surface area contributed by atoms with Crippen molar-refractivity contribution in [1.82, 2.24) is 0 Å². The molecule has 0 unspecified atom stereocenters. The van der Waals surface area contributed by atoms with Crippen molar-refractivity contribution in [2.45, 2.75) is 0 Å². The van der Waals surface area contributed by atoms with Crippen LogP contribution >= 0.6 is 45.2 Å². The van der Waals surface area contributed by atoms with Gasteiger partial charge in [-0.15, -0.1) is 0 Å². The molecule has 0 aromatic heterocycles. The molecule has 1 nitrogen and oxygen atoms in total. The number of halogens is 3. The Labute approximate surface area is 90.6 Å². The molecular weight excluding hydrogens is 373 g/mol. The quantitative estimate of drug-likeness (QED) is 0.419. The highest BCUT2D eigenvalue weighted by Gasteiger charge is 2.07. The molecule has 0 saturated carbocycles. The van der Waals surface area contributed by atoms with Gasteiger partial charge in [0.15, 0.2) is 6.29 Å². The van der Waals surface area contributed by atoms with Crippen molar-refractivity contribution in [3.05, 3.63) is 30.7 Å². The molecule has 0 fully saturated rings. The summed E-state index contributed by atoms with van der Waals surface area (Å²) in [7, 11) is 0. The van der Waals surface area contributed by atoms with E-state index in [1.54, 1.807) is 6.07 Å². The zero-order valence-corrected chi connectivity index (χ0v) is 9.59. The second-order valence-corrected chi connectivity index (χ2v) is 4.12. The molecule has 1 aromatic rings. The molecule has 0 amide bonds. The molecule has 0 bridgehead atoms. The molecule has 1 rings (SSSR count). The molecule has 0 radical (unpaired) electrons. The lowest BCUT2D eigenvalue weighted by Gasteiger charge is -1.99. The van der Waals surface area contributed by atoms with Crippen LogP contribution in [0.4, 0.5) is 4.39 Å². The first-order valence-corrected chi connectivity index (χ1v) is 4.91. The molecule has 0 heterocycles. The second-order valence-electron chi connectivity index (χ2n) is 1.87. The Morgan fingerprint density at radius 1 is 1.36 bits per heavy atom. The van der Waals surface area contributed by atoms with Crippen molar-refractivity contribution in [3.63, 3.8) is 0 Å². The van der Waals surface area contributed by atoms with E-state index in [0.717, 1.165) is 3.57 Å². The van der Waals surface area contributed by atoms with Gasteiger partial charge < -0.3 is 0 Å². The Morgan fingerprint density at radius 3 is 2.45 bits per heavy atom. The molecule has 0 aliphatic carbocycles. The van der Waals surface area contributed by atoms with Gasteiger partial charge in [-0.25, -0.2) is 4.39 Å². The third-order valence-corrected chi connectivity index (χ3v) is 3.23. The summed E-state index contributed by atoms with van der Waals surface area (Å²) in [6, 6.07) is 2.94. The van der Waals surface area contributed by atoms with Crippen LogP contribution < -0.4 is 0 Å². The Balaban J connectivity index is 3.40. The fraction of sp³-hybridized carbons (Fsp3) is 0. The largest absolute Gasteiger partial charge is 0.298 e. The van der Waals surface area contributed by atoms with E-state index in [0.29, 0.717) is 15.4 Å². The SMILES string of the molecule is O=Cc1c(I)ccc(F)c1I. The van der Waals surface area contributed by atoms with E-state index in [1.165, 1.54) is 6.07 Å². The van der Waals surface area contributed by atoms with E-state index in [-0.39, 0.29) is 5.82 Å².